The minimum absolute atomic E-state index is 0.0205. The van der Waals surface area contributed by atoms with E-state index in [1.807, 2.05) is 0 Å². The highest BCUT2D eigenvalue weighted by Gasteiger charge is 2.17. The fourth-order valence-electron chi connectivity index (χ4n) is 2.44. The molecule has 2 aromatic carbocycles. The normalized spacial score (nSPS) is 10.3. The Hall–Kier alpha value is -2.88. The minimum atomic E-state index is -0.964. The molecule has 0 spiro atoms. The first kappa shape index (κ1) is 22.4. The molecule has 1 amide bonds. The van der Waals surface area contributed by atoms with Crippen molar-refractivity contribution >= 4 is 33.5 Å². The first-order chi connectivity index (χ1) is 13.8. The van der Waals surface area contributed by atoms with E-state index in [9.17, 15) is 18.4 Å². The molecule has 0 heterocycles. The molecule has 0 aliphatic rings. The third-order valence-electron chi connectivity index (χ3n) is 3.71. The fourth-order valence-corrected chi connectivity index (χ4v) is 2.95. The Bertz CT molecular complexity index is 874. The van der Waals surface area contributed by atoms with Gasteiger partial charge in [-0.15, -0.1) is 0 Å². The largest absolute Gasteiger partial charge is 0.493 e. The van der Waals surface area contributed by atoms with Gasteiger partial charge in [0.2, 0.25) is 5.75 Å². The van der Waals surface area contributed by atoms with Crippen LogP contribution in [0.3, 0.4) is 0 Å². The molecule has 0 radical (unpaired) electrons. The van der Waals surface area contributed by atoms with Crippen LogP contribution in [0.1, 0.15) is 5.56 Å². The van der Waals surface area contributed by atoms with Crippen LogP contribution >= 0.6 is 15.9 Å². The van der Waals surface area contributed by atoms with E-state index in [1.165, 1.54) is 21.3 Å². The lowest BCUT2D eigenvalue weighted by molar-refractivity contribution is -0.146. The van der Waals surface area contributed by atoms with Crippen molar-refractivity contribution in [2.24, 2.45) is 0 Å². The Morgan fingerprint density at radius 2 is 1.62 bits per heavy atom. The van der Waals surface area contributed by atoms with Gasteiger partial charge in [0.1, 0.15) is 5.82 Å². The second kappa shape index (κ2) is 10.1. The standard InChI is InChI=1S/C19H18BrF2NO6/c1-26-14-4-10(5-15(27-2)19(14)28-3)6-17(25)29-9-16(24)23-18-12(20)7-11(21)8-13(18)22/h4-5,7-8H,6,9H2,1-3H3,(H,23,24). The second-order valence-electron chi connectivity index (χ2n) is 5.66. The van der Waals surface area contributed by atoms with E-state index in [0.717, 1.165) is 6.07 Å². The highest BCUT2D eigenvalue weighted by Crippen LogP contribution is 2.38. The number of halogens is 3. The molecule has 2 rings (SSSR count). The molecular weight excluding hydrogens is 456 g/mol. The number of amides is 1. The van der Waals surface area contributed by atoms with Crippen molar-refractivity contribution in [3.63, 3.8) is 0 Å². The van der Waals surface area contributed by atoms with Gasteiger partial charge >= 0.3 is 5.97 Å². The van der Waals surface area contributed by atoms with Gasteiger partial charge in [0, 0.05) is 10.5 Å². The van der Waals surface area contributed by atoms with E-state index in [2.05, 4.69) is 21.2 Å². The lowest BCUT2D eigenvalue weighted by Crippen LogP contribution is -2.22. The number of nitrogens with one attached hydrogen (secondary N) is 1. The van der Waals surface area contributed by atoms with Gasteiger partial charge in [-0.05, 0) is 39.7 Å². The molecule has 0 aliphatic carbocycles. The monoisotopic (exact) mass is 473 g/mol. The van der Waals surface area contributed by atoms with Crippen LogP contribution < -0.4 is 19.5 Å². The highest BCUT2D eigenvalue weighted by molar-refractivity contribution is 9.10. The highest BCUT2D eigenvalue weighted by atomic mass is 79.9. The van der Waals surface area contributed by atoms with E-state index in [4.69, 9.17) is 18.9 Å². The Labute approximate surface area is 174 Å². The Morgan fingerprint density at radius 1 is 1.00 bits per heavy atom. The maximum atomic E-state index is 13.7. The van der Waals surface area contributed by atoms with Gasteiger partial charge in [-0.1, -0.05) is 0 Å². The maximum Gasteiger partial charge on any atom is 0.310 e. The number of rotatable bonds is 8. The third-order valence-corrected chi connectivity index (χ3v) is 4.33. The van der Waals surface area contributed by atoms with Gasteiger partial charge in [-0.25, -0.2) is 8.78 Å². The van der Waals surface area contributed by atoms with Crippen LogP contribution in [0, 0.1) is 11.6 Å². The average molecular weight is 474 g/mol. The fraction of sp³-hybridized carbons (Fsp3) is 0.263. The predicted octanol–water partition coefficient (Wildman–Crippen LogP) is 3.48. The molecule has 2 aromatic rings. The number of methoxy groups -OCH3 is 3. The van der Waals surface area contributed by atoms with Gasteiger partial charge in [-0.2, -0.15) is 0 Å². The number of anilines is 1. The quantitative estimate of drug-likeness (QED) is 0.591. The lowest BCUT2D eigenvalue weighted by atomic mass is 10.1. The van der Waals surface area contributed by atoms with Crippen LogP contribution in [0.25, 0.3) is 0 Å². The van der Waals surface area contributed by atoms with E-state index in [-0.39, 0.29) is 16.6 Å². The van der Waals surface area contributed by atoms with Gasteiger partial charge < -0.3 is 24.3 Å². The molecule has 0 saturated heterocycles. The minimum Gasteiger partial charge on any atom is -0.493 e. The van der Waals surface area contributed by atoms with Gasteiger partial charge in [0.15, 0.2) is 23.9 Å². The van der Waals surface area contributed by atoms with Gasteiger partial charge in [0.25, 0.3) is 5.91 Å². The van der Waals surface area contributed by atoms with Crippen LogP contribution in [-0.4, -0.2) is 39.8 Å². The summed E-state index contributed by atoms with van der Waals surface area (Å²) in [6, 6.07) is 4.77. The van der Waals surface area contributed by atoms with Crippen LogP contribution in [0.5, 0.6) is 17.2 Å². The Balaban J connectivity index is 1.99. The summed E-state index contributed by atoms with van der Waals surface area (Å²) in [4.78, 5) is 24.0. The van der Waals surface area contributed by atoms with Crippen molar-refractivity contribution in [2.75, 3.05) is 33.3 Å². The summed E-state index contributed by atoms with van der Waals surface area (Å²) >= 11 is 2.95. The summed E-state index contributed by atoms with van der Waals surface area (Å²) in [5, 5.41) is 2.22. The SMILES string of the molecule is COc1cc(CC(=O)OCC(=O)Nc2c(F)cc(F)cc2Br)cc(OC)c1OC. The van der Waals surface area contributed by atoms with E-state index in [1.54, 1.807) is 12.1 Å². The zero-order valence-electron chi connectivity index (χ0n) is 15.8. The third kappa shape index (κ3) is 5.80. The first-order valence-electron chi connectivity index (χ1n) is 8.18. The summed E-state index contributed by atoms with van der Waals surface area (Å²) in [6.07, 6.45) is -0.168. The first-order valence-corrected chi connectivity index (χ1v) is 8.97. The molecule has 0 aliphatic heterocycles. The molecule has 10 heteroatoms. The molecule has 29 heavy (non-hydrogen) atoms. The summed E-state index contributed by atoms with van der Waals surface area (Å²) in [5.41, 5.74) is 0.259. The van der Waals surface area contributed by atoms with Crippen LogP contribution in [0.4, 0.5) is 14.5 Å². The molecule has 7 nitrogen and oxygen atoms in total. The Kier molecular flexibility index (Phi) is 7.77. The van der Waals surface area contributed by atoms with Crippen molar-refractivity contribution in [1.82, 2.24) is 0 Å². The number of hydrogen-bond acceptors (Lipinski definition) is 6. The molecule has 0 unspecified atom stereocenters. The van der Waals surface area contributed by atoms with Crippen molar-refractivity contribution in [3.05, 3.63) is 45.9 Å². The zero-order valence-corrected chi connectivity index (χ0v) is 17.4. The number of carbonyl (C=O) groups is 2. The van der Waals surface area contributed by atoms with Crippen LogP contribution in [-0.2, 0) is 20.7 Å². The molecular formula is C19H18BrF2NO6. The molecule has 0 saturated carbocycles. The molecule has 0 atom stereocenters. The predicted molar refractivity (Wildman–Crippen MR) is 103 cm³/mol. The van der Waals surface area contributed by atoms with Crippen LogP contribution in [0.2, 0.25) is 0 Å². The summed E-state index contributed by atoms with van der Waals surface area (Å²) in [7, 11) is 4.34. The van der Waals surface area contributed by atoms with E-state index in [0.29, 0.717) is 28.9 Å². The second-order valence-corrected chi connectivity index (χ2v) is 6.52. The summed E-state index contributed by atoms with van der Waals surface area (Å²) < 4.78 is 47.4. The van der Waals surface area contributed by atoms with Crippen molar-refractivity contribution < 1.29 is 37.3 Å². The summed E-state index contributed by atoms with van der Waals surface area (Å²) in [6.45, 7) is -0.646. The number of carbonyl (C=O) groups excluding carboxylic acids is 2. The van der Waals surface area contributed by atoms with Crippen molar-refractivity contribution in [1.29, 1.82) is 0 Å². The molecule has 0 aromatic heterocycles. The zero-order chi connectivity index (χ0) is 21.6. The maximum absolute atomic E-state index is 13.7. The smallest absolute Gasteiger partial charge is 0.310 e. The van der Waals surface area contributed by atoms with E-state index < -0.39 is 30.1 Å². The average Bonchev–Trinajstić information content (AvgIpc) is 2.68. The number of hydrogen-bond donors (Lipinski definition) is 1. The van der Waals surface area contributed by atoms with Crippen LogP contribution in [0.15, 0.2) is 28.7 Å². The Morgan fingerprint density at radius 3 is 2.14 bits per heavy atom. The van der Waals surface area contributed by atoms with Crippen molar-refractivity contribution in [3.8, 4) is 17.2 Å². The molecule has 0 bridgehead atoms. The summed E-state index contributed by atoms with van der Waals surface area (Å²) in [5.74, 6) is -2.15. The van der Waals surface area contributed by atoms with E-state index >= 15 is 0 Å². The van der Waals surface area contributed by atoms with Gasteiger partial charge in [0.05, 0.1) is 33.4 Å². The van der Waals surface area contributed by atoms with Crippen molar-refractivity contribution in [2.45, 2.75) is 6.42 Å². The number of benzene rings is 2. The lowest BCUT2D eigenvalue weighted by Gasteiger charge is -2.14. The number of esters is 1. The molecule has 0 fully saturated rings. The number of ether oxygens (including phenoxy) is 4. The molecule has 1 N–H and O–H groups in total. The topological polar surface area (TPSA) is 83.1 Å². The molecule has 156 valence electrons. The van der Waals surface area contributed by atoms with Gasteiger partial charge in [-0.3, -0.25) is 9.59 Å².